The van der Waals surface area contributed by atoms with Gasteiger partial charge < -0.3 is 11.1 Å². The van der Waals surface area contributed by atoms with E-state index in [0.29, 0.717) is 25.1 Å². The van der Waals surface area contributed by atoms with E-state index in [9.17, 15) is 13.2 Å². The first-order valence-corrected chi connectivity index (χ1v) is 7.47. The molecular weight excluding hydrogens is 288 g/mol. The van der Waals surface area contributed by atoms with Crippen LogP contribution in [0.25, 0.3) is 0 Å². The van der Waals surface area contributed by atoms with Gasteiger partial charge in [-0.15, -0.1) is 12.4 Å². The molecule has 5 nitrogen and oxygen atoms in total. The average molecular weight is 307 g/mol. The van der Waals surface area contributed by atoms with Gasteiger partial charge in [0.05, 0.1) is 10.6 Å². The molecule has 108 valence electrons. The highest BCUT2D eigenvalue weighted by Gasteiger charge is 2.12. The maximum Gasteiger partial charge on any atom is 0.251 e. The molecule has 0 radical (unpaired) electrons. The standard InChI is InChI=1S/C12H18N2O3S.ClH/c1-2-18(16,17)11-6-4-10(5-7-11)12(15)14-9-3-8-13;/h4-7H,2-3,8-9,13H2,1H3,(H,14,15);1H. The fourth-order valence-electron chi connectivity index (χ4n) is 1.39. The molecule has 0 bridgehead atoms. The highest BCUT2D eigenvalue weighted by atomic mass is 35.5. The Bertz CT molecular complexity index is 500. The first-order chi connectivity index (χ1) is 8.51. The lowest BCUT2D eigenvalue weighted by molar-refractivity contribution is 0.0953. The Hall–Kier alpha value is -1.11. The van der Waals surface area contributed by atoms with E-state index in [-0.39, 0.29) is 29.0 Å². The normalized spacial score (nSPS) is 10.6. The zero-order valence-corrected chi connectivity index (χ0v) is 12.4. The molecule has 0 unspecified atom stereocenters. The molecule has 0 heterocycles. The average Bonchev–Trinajstić information content (AvgIpc) is 2.39. The van der Waals surface area contributed by atoms with Crippen molar-refractivity contribution >= 4 is 28.2 Å². The van der Waals surface area contributed by atoms with Crippen LogP contribution in [-0.4, -0.2) is 33.2 Å². The van der Waals surface area contributed by atoms with Crippen LogP contribution in [0.4, 0.5) is 0 Å². The van der Waals surface area contributed by atoms with E-state index in [4.69, 9.17) is 5.73 Å². The monoisotopic (exact) mass is 306 g/mol. The molecule has 0 fully saturated rings. The van der Waals surface area contributed by atoms with Gasteiger partial charge in [-0.3, -0.25) is 4.79 Å². The van der Waals surface area contributed by atoms with Gasteiger partial charge in [0, 0.05) is 12.1 Å². The summed E-state index contributed by atoms with van der Waals surface area (Å²) >= 11 is 0. The lowest BCUT2D eigenvalue weighted by atomic mass is 10.2. The van der Waals surface area contributed by atoms with Crippen molar-refractivity contribution in [2.75, 3.05) is 18.8 Å². The molecule has 0 aliphatic heterocycles. The van der Waals surface area contributed by atoms with Gasteiger partial charge in [0.25, 0.3) is 5.91 Å². The Kier molecular flexibility index (Phi) is 7.66. The number of nitrogens with two attached hydrogens (primary N) is 1. The second kappa shape index (κ2) is 8.14. The molecule has 0 aliphatic carbocycles. The maximum absolute atomic E-state index is 11.6. The minimum Gasteiger partial charge on any atom is -0.352 e. The third-order valence-corrected chi connectivity index (χ3v) is 4.27. The second-order valence-electron chi connectivity index (χ2n) is 3.83. The van der Waals surface area contributed by atoms with Crippen molar-refractivity contribution in [3.05, 3.63) is 29.8 Å². The third kappa shape index (κ3) is 5.18. The zero-order chi connectivity index (χ0) is 13.6. The number of nitrogens with one attached hydrogen (secondary N) is 1. The smallest absolute Gasteiger partial charge is 0.251 e. The predicted molar refractivity (Wildman–Crippen MR) is 77.4 cm³/mol. The quantitative estimate of drug-likeness (QED) is 0.767. The molecule has 1 aromatic rings. The largest absolute Gasteiger partial charge is 0.352 e. The summed E-state index contributed by atoms with van der Waals surface area (Å²) in [4.78, 5) is 11.9. The summed E-state index contributed by atoms with van der Waals surface area (Å²) in [7, 11) is -3.21. The van der Waals surface area contributed by atoms with Crippen molar-refractivity contribution in [1.82, 2.24) is 5.32 Å². The Balaban J connectivity index is 0.00000324. The summed E-state index contributed by atoms with van der Waals surface area (Å²) in [6.07, 6.45) is 0.716. The number of hydrogen-bond donors (Lipinski definition) is 2. The SMILES string of the molecule is CCS(=O)(=O)c1ccc(C(=O)NCCCN)cc1.Cl. The lowest BCUT2D eigenvalue weighted by Gasteiger charge is -2.05. The second-order valence-corrected chi connectivity index (χ2v) is 6.10. The van der Waals surface area contributed by atoms with Crippen LogP contribution in [0.3, 0.4) is 0 Å². The molecule has 0 saturated carbocycles. The van der Waals surface area contributed by atoms with E-state index in [1.165, 1.54) is 24.3 Å². The zero-order valence-electron chi connectivity index (χ0n) is 10.8. The first kappa shape index (κ1) is 17.9. The Morgan fingerprint density at radius 1 is 1.26 bits per heavy atom. The number of carbonyl (C=O) groups is 1. The van der Waals surface area contributed by atoms with E-state index in [1.54, 1.807) is 6.92 Å². The topological polar surface area (TPSA) is 89.3 Å². The van der Waals surface area contributed by atoms with Gasteiger partial charge >= 0.3 is 0 Å². The summed E-state index contributed by atoms with van der Waals surface area (Å²) in [5.74, 6) is -0.168. The Labute approximate surface area is 119 Å². The predicted octanol–water partition coefficient (Wildman–Crippen LogP) is 0.981. The summed E-state index contributed by atoms with van der Waals surface area (Å²) < 4.78 is 23.2. The van der Waals surface area contributed by atoms with Crippen molar-refractivity contribution < 1.29 is 13.2 Å². The number of benzene rings is 1. The molecule has 0 saturated heterocycles. The van der Waals surface area contributed by atoms with Crippen LogP contribution in [0.5, 0.6) is 0 Å². The molecule has 0 aromatic heterocycles. The number of amides is 1. The molecule has 1 aromatic carbocycles. The molecule has 0 spiro atoms. The Morgan fingerprint density at radius 3 is 2.32 bits per heavy atom. The molecule has 0 atom stereocenters. The van der Waals surface area contributed by atoms with Crippen LogP contribution in [0.2, 0.25) is 0 Å². The summed E-state index contributed by atoms with van der Waals surface area (Å²) in [5, 5.41) is 2.70. The number of rotatable bonds is 6. The van der Waals surface area contributed by atoms with Gasteiger partial charge in [-0.1, -0.05) is 6.92 Å². The number of sulfone groups is 1. The van der Waals surface area contributed by atoms with Crippen LogP contribution in [0.15, 0.2) is 29.2 Å². The van der Waals surface area contributed by atoms with E-state index in [2.05, 4.69) is 5.32 Å². The third-order valence-electron chi connectivity index (χ3n) is 2.52. The van der Waals surface area contributed by atoms with E-state index >= 15 is 0 Å². The van der Waals surface area contributed by atoms with Gasteiger partial charge in [0.1, 0.15) is 0 Å². The van der Waals surface area contributed by atoms with Gasteiger partial charge in [0.15, 0.2) is 9.84 Å². The highest BCUT2D eigenvalue weighted by molar-refractivity contribution is 7.91. The highest BCUT2D eigenvalue weighted by Crippen LogP contribution is 2.12. The van der Waals surface area contributed by atoms with Crippen LogP contribution >= 0.6 is 12.4 Å². The van der Waals surface area contributed by atoms with E-state index in [1.807, 2.05) is 0 Å². The van der Waals surface area contributed by atoms with E-state index < -0.39 is 9.84 Å². The number of halogens is 1. The molecular formula is C12H19ClN2O3S. The van der Waals surface area contributed by atoms with Crippen molar-refractivity contribution in [2.24, 2.45) is 5.73 Å². The fraction of sp³-hybridized carbons (Fsp3) is 0.417. The van der Waals surface area contributed by atoms with Gasteiger partial charge in [-0.25, -0.2) is 8.42 Å². The first-order valence-electron chi connectivity index (χ1n) is 5.82. The van der Waals surface area contributed by atoms with Gasteiger partial charge in [0.2, 0.25) is 0 Å². The molecule has 19 heavy (non-hydrogen) atoms. The van der Waals surface area contributed by atoms with Crippen molar-refractivity contribution in [1.29, 1.82) is 0 Å². The van der Waals surface area contributed by atoms with Crippen molar-refractivity contribution in [3.8, 4) is 0 Å². The number of carbonyl (C=O) groups excluding carboxylic acids is 1. The molecule has 1 rings (SSSR count). The van der Waals surface area contributed by atoms with Crippen molar-refractivity contribution in [2.45, 2.75) is 18.2 Å². The van der Waals surface area contributed by atoms with Crippen molar-refractivity contribution in [3.63, 3.8) is 0 Å². The Morgan fingerprint density at radius 2 is 1.84 bits per heavy atom. The summed E-state index contributed by atoms with van der Waals surface area (Å²) in [6.45, 7) is 2.63. The molecule has 1 amide bonds. The van der Waals surface area contributed by atoms with Gasteiger partial charge in [-0.2, -0.15) is 0 Å². The summed E-state index contributed by atoms with van der Waals surface area (Å²) in [5.41, 5.74) is 5.76. The summed E-state index contributed by atoms with van der Waals surface area (Å²) in [6, 6.07) is 5.94. The van der Waals surface area contributed by atoms with Crippen LogP contribution in [-0.2, 0) is 9.84 Å². The molecule has 7 heteroatoms. The van der Waals surface area contributed by atoms with Crippen LogP contribution < -0.4 is 11.1 Å². The minimum atomic E-state index is -3.21. The van der Waals surface area contributed by atoms with E-state index in [0.717, 1.165) is 0 Å². The molecule has 3 N–H and O–H groups in total. The van der Waals surface area contributed by atoms with Gasteiger partial charge in [-0.05, 0) is 37.2 Å². The lowest BCUT2D eigenvalue weighted by Crippen LogP contribution is -2.25. The van der Waals surface area contributed by atoms with Crippen LogP contribution in [0, 0.1) is 0 Å². The molecule has 0 aliphatic rings. The maximum atomic E-state index is 11.6. The number of hydrogen-bond acceptors (Lipinski definition) is 4. The fourth-order valence-corrected chi connectivity index (χ4v) is 2.27. The van der Waals surface area contributed by atoms with Crippen LogP contribution in [0.1, 0.15) is 23.7 Å². The minimum absolute atomic E-state index is 0.